The highest BCUT2D eigenvalue weighted by Crippen LogP contribution is 2.33. The number of rotatable bonds is 6. The van der Waals surface area contributed by atoms with Crippen LogP contribution in [0.1, 0.15) is 31.2 Å². The highest BCUT2D eigenvalue weighted by atomic mass is 16.5. The molecule has 7 rings (SSSR count). The third-order valence-corrected chi connectivity index (χ3v) is 7.26. The Hall–Kier alpha value is -4.24. The summed E-state index contributed by atoms with van der Waals surface area (Å²) in [5, 5.41) is 12.2. The molecule has 2 saturated heterocycles. The van der Waals surface area contributed by atoms with E-state index in [0.29, 0.717) is 17.8 Å². The minimum absolute atomic E-state index is 0.248. The zero-order valence-electron chi connectivity index (χ0n) is 20.5. The topological polar surface area (TPSA) is 98.5 Å². The molecule has 186 valence electrons. The van der Waals surface area contributed by atoms with Crippen LogP contribution in [0.5, 0.6) is 17.2 Å². The van der Waals surface area contributed by atoms with Gasteiger partial charge < -0.3 is 20.1 Å². The molecule has 9 nitrogen and oxygen atoms in total. The fraction of sp³-hybridized carbons (Fsp3) is 0.286. The van der Waals surface area contributed by atoms with Gasteiger partial charge in [-0.1, -0.05) is 0 Å². The molecule has 2 N–H and O–H groups in total. The minimum Gasteiger partial charge on any atom is -0.490 e. The zero-order chi connectivity index (χ0) is 24.8. The summed E-state index contributed by atoms with van der Waals surface area (Å²) in [6.45, 7) is 2.02. The van der Waals surface area contributed by atoms with Crippen molar-refractivity contribution in [2.75, 3.05) is 5.32 Å². The van der Waals surface area contributed by atoms with Crippen molar-refractivity contribution in [3.8, 4) is 17.2 Å². The van der Waals surface area contributed by atoms with Gasteiger partial charge in [-0.3, -0.25) is 0 Å². The first-order valence-corrected chi connectivity index (χ1v) is 12.7. The Morgan fingerprint density at radius 3 is 2.68 bits per heavy atom. The molecule has 9 heteroatoms. The molecule has 0 amide bonds. The fourth-order valence-electron chi connectivity index (χ4n) is 5.47. The van der Waals surface area contributed by atoms with Crippen LogP contribution in [0.4, 0.5) is 11.5 Å². The largest absolute Gasteiger partial charge is 0.490 e. The molecule has 0 spiro atoms. The van der Waals surface area contributed by atoms with Crippen LogP contribution in [-0.4, -0.2) is 42.8 Å². The van der Waals surface area contributed by atoms with Crippen LogP contribution in [0.3, 0.4) is 0 Å². The lowest BCUT2D eigenvalue weighted by atomic mass is 10.0. The Morgan fingerprint density at radius 1 is 0.919 bits per heavy atom. The fourth-order valence-corrected chi connectivity index (χ4v) is 5.47. The second-order valence-electron chi connectivity index (χ2n) is 9.88. The number of hydrogen-bond acceptors (Lipinski definition) is 8. The lowest BCUT2D eigenvalue weighted by Gasteiger charge is -2.29. The third-order valence-electron chi connectivity index (χ3n) is 7.26. The number of aryl methyl sites for hydroxylation is 1. The van der Waals surface area contributed by atoms with Crippen molar-refractivity contribution in [3.63, 3.8) is 0 Å². The molecule has 3 aromatic heterocycles. The Kier molecular flexibility index (Phi) is 5.35. The maximum atomic E-state index is 6.41. The molecular weight excluding hydrogens is 466 g/mol. The lowest BCUT2D eigenvalue weighted by Crippen LogP contribution is -2.42. The molecule has 0 radical (unpaired) electrons. The van der Waals surface area contributed by atoms with Gasteiger partial charge in [0.1, 0.15) is 41.8 Å². The molecule has 2 aromatic carbocycles. The number of nitrogens with zero attached hydrogens (tertiary/aromatic N) is 5. The van der Waals surface area contributed by atoms with Crippen LogP contribution in [0.15, 0.2) is 67.4 Å². The van der Waals surface area contributed by atoms with E-state index >= 15 is 0 Å². The van der Waals surface area contributed by atoms with Gasteiger partial charge in [-0.05, 0) is 80.6 Å². The minimum atomic E-state index is 0.248. The summed E-state index contributed by atoms with van der Waals surface area (Å²) in [6, 6.07) is 16.9. The average Bonchev–Trinajstić information content (AvgIpc) is 3.51. The van der Waals surface area contributed by atoms with E-state index in [1.807, 2.05) is 61.7 Å². The number of pyridine rings is 1. The molecule has 5 aromatic rings. The molecule has 2 atom stereocenters. The van der Waals surface area contributed by atoms with E-state index in [2.05, 4.69) is 30.7 Å². The number of ether oxygens (including phenoxy) is 2. The zero-order valence-corrected chi connectivity index (χ0v) is 20.5. The molecule has 2 fully saturated rings. The number of hydrogen-bond donors (Lipinski definition) is 2. The summed E-state index contributed by atoms with van der Waals surface area (Å²) in [5.41, 5.74) is 3.52. The van der Waals surface area contributed by atoms with Gasteiger partial charge in [0.05, 0.1) is 5.52 Å². The van der Waals surface area contributed by atoms with Gasteiger partial charge >= 0.3 is 0 Å². The van der Waals surface area contributed by atoms with Crippen molar-refractivity contribution < 1.29 is 9.47 Å². The molecule has 2 aliphatic heterocycles. The molecular formula is C28H27N7O2. The lowest BCUT2D eigenvalue weighted by molar-refractivity contribution is 0.137. The Bertz CT molecular complexity index is 1590. The second kappa shape index (κ2) is 9.01. The Balaban J connectivity index is 1.10. The molecule has 2 bridgehead atoms. The van der Waals surface area contributed by atoms with Crippen molar-refractivity contribution >= 4 is 28.1 Å². The van der Waals surface area contributed by atoms with E-state index in [-0.39, 0.29) is 6.10 Å². The van der Waals surface area contributed by atoms with Crippen LogP contribution in [0.25, 0.3) is 16.6 Å². The quantitative estimate of drug-likeness (QED) is 0.334. The standard InChI is InChI=1S/C28H27N7O2/c1-17-10-18(4-7-26(17)37-22-8-9-35-27(14-22)30-16-32-35)34-28-24-13-21(5-6-25(24)29-15-31-28)36-23-11-19-2-3-20(12-23)33-19/h4-10,13-16,19-20,23,33H,2-3,11-12H2,1H3,(H,29,31,34). The summed E-state index contributed by atoms with van der Waals surface area (Å²) >= 11 is 0. The van der Waals surface area contributed by atoms with Gasteiger partial charge in [-0.2, -0.15) is 5.10 Å². The first-order chi connectivity index (χ1) is 18.2. The monoisotopic (exact) mass is 493 g/mol. The first kappa shape index (κ1) is 22.0. The number of aromatic nitrogens is 5. The SMILES string of the molecule is Cc1cc(Nc2ncnc3ccc(OC4CC5CCC(C4)N5)cc23)ccc1Oc1ccn2ncnc2c1. The van der Waals surface area contributed by atoms with Crippen molar-refractivity contribution in [1.29, 1.82) is 0 Å². The molecule has 37 heavy (non-hydrogen) atoms. The van der Waals surface area contributed by atoms with Crippen molar-refractivity contribution in [2.24, 2.45) is 0 Å². The highest BCUT2D eigenvalue weighted by molar-refractivity contribution is 5.91. The van der Waals surface area contributed by atoms with Crippen LogP contribution in [-0.2, 0) is 0 Å². The molecule has 2 aliphatic rings. The summed E-state index contributed by atoms with van der Waals surface area (Å²) in [5.74, 6) is 3.08. The number of benzene rings is 2. The van der Waals surface area contributed by atoms with Crippen LogP contribution >= 0.6 is 0 Å². The van der Waals surface area contributed by atoms with Crippen LogP contribution in [0, 0.1) is 6.92 Å². The van der Waals surface area contributed by atoms with E-state index in [9.17, 15) is 0 Å². The van der Waals surface area contributed by atoms with Gasteiger partial charge in [0.25, 0.3) is 0 Å². The predicted octanol–water partition coefficient (Wildman–Crippen LogP) is 5.18. The van der Waals surface area contributed by atoms with Crippen LogP contribution < -0.4 is 20.1 Å². The second-order valence-corrected chi connectivity index (χ2v) is 9.88. The predicted molar refractivity (Wildman–Crippen MR) is 141 cm³/mol. The van der Waals surface area contributed by atoms with E-state index < -0.39 is 0 Å². The normalized spacial score (nSPS) is 20.8. The van der Waals surface area contributed by atoms with Gasteiger partial charge in [0.15, 0.2) is 5.65 Å². The number of piperidine rings is 1. The Morgan fingerprint density at radius 2 is 1.81 bits per heavy atom. The maximum absolute atomic E-state index is 6.41. The van der Waals surface area contributed by atoms with Gasteiger partial charge in [0, 0.05) is 35.4 Å². The number of anilines is 2. The molecule has 0 aliphatic carbocycles. The van der Waals surface area contributed by atoms with Gasteiger partial charge in [-0.25, -0.2) is 19.5 Å². The van der Waals surface area contributed by atoms with E-state index in [4.69, 9.17) is 9.47 Å². The smallest absolute Gasteiger partial charge is 0.158 e. The summed E-state index contributed by atoms with van der Waals surface area (Å²) in [7, 11) is 0. The summed E-state index contributed by atoms with van der Waals surface area (Å²) in [6.07, 6.45) is 9.81. The number of nitrogens with one attached hydrogen (secondary N) is 2. The maximum Gasteiger partial charge on any atom is 0.158 e. The Labute approximate surface area is 213 Å². The number of fused-ring (bicyclic) bond motifs is 4. The van der Waals surface area contributed by atoms with E-state index in [0.717, 1.165) is 58.0 Å². The van der Waals surface area contributed by atoms with Crippen molar-refractivity contribution in [3.05, 3.63) is 72.9 Å². The molecule has 0 saturated carbocycles. The van der Waals surface area contributed by atoms with Crippen molar-refractivity contribution in [1.82, 2.24) is 29.9 Å². The van der Waals surface area contributed by atoms with Crippen LogP contribution in [0.2, 0.25) is 0 Å². The summed E-state index contributed by atoms with van der Waals surface area (Å²) < 4.78 is 14.2. The average molecular weight is 494 g/mol. The van der Waals surface area contributed by atoms with E-state index in [1.54, 1.807) is 10.8 Å². The molecule has 2 unspecified atom stereocenters. The molecule has 5 heterocycles. The van der Waals surface area contributed by atoms with Gasteiger partial charge in [-0.15, -0.1) is 0 Å². The van der Waals surface area contributed by atoms with Gasteiger partial charge in [0.2, 0.25) is 0 Å². The highest BCUT2D eigenvalue weighted by Gasteiger charge is 2.34. The summed E-state index contributed by atoms with van der Waals surface area (Å²) in [4.78, 5) is 13.2. The first-order valence-electron chi connectivity index (χ1n) is 12.7. The van der Waals surface area contributed by atoms with E-state index in [1.165, 1.54) is 19.2 Å². The third kappa shape index (κ3) is 4.42. The van der Waals surface area contributed by atoms with Crippen molar-refractivity contribution in [2.45, 2.75) is 50.8 Å².